The molecule has 0 radical (unpaired) electrons. The first-order valence-electron chi connectivity index (χ1n) is 9.31. The van der Waals surface area contributed by atoms with Gasteiger partial charge in [-0.2, -0.15) is 0 Å². The minimum absolute atomic E-state index is 0.0875. The van der Waals surface area contributed by atoms with Gasteiger partial charge in [-0.3, -0.25) is 14.4 Å². The predicted molar refractivity (Wildman–Crippen MR) is 113 cm³/mol. The summed E-state index contributed by atoms with van der Waals surface area (Å²) in [7, 11) is -3.40. The average molecular weight is 427 g/mol. The number of benzene rings is 2. The number of H-pyrrole nitrogens is 1. The van der Waals surface area contributed by atoms with Crippen molar-refractivity contribution < 1.29 is 18.0 Å². The Morgan fingerprint density at radius 1 is 0.933 bits per heavy atom. The number of fused-ring (bicyclic) bond motifs is 1. The Morgan fingerprint density at radius 3 is 2.40 bits per heavy atom. The maximum Gasteiger partial charge on any atom is 0.257 e. The maximum atomic E-state index is 12.4. The largest absolute Gasteiger partial charge is 0.360 e. The van der Waals surface area contributed by atoms with E-state index in [4.69, 9.17) is 0 Å². The van der Waals surface area contributed by atoms with Gasteiger partial charge in [0.25, 0.3) is 5.91 Å². The molecule has 30 heavy (non-hydrogen) atoms. The molecule has 2 aromatic carbocycles. The molecular weight excluding hydrogens is 406 g/mol. The second kappa shape index (κ2) is 9.36. The number of hydrogen-bond acceptors (Lipinski definition) is 5. The van der Waals surface area contributed by atoms with E-state index in [1.807, 2.05) is 0 Å². The third kappa shape index (κ3) is 5.12. The lowest BCUT2D eigenvalue weighted by Crippen LogP contribution is -2.39. The molecule has 0 atom stereocenters. The Bertz CT molecular complexity index is 1220. The fourth-order valence-corrected chi connectivity index (χ4v) is 4.22. The molecule has 2 amide bonds. The molecule has 156 valence electrons. The number of para-hydroxylation sites is 1. The molecule has 3 N–H and O–H groups in total. The monoisotopic (exact) mass is 427 g/mol. The fourth-order valence-electron chi connectivity index (χ4n) is 2.89. The van der Waals surface area contributed by atoms with E-state index < -0.39 is 27.1 Å². The molecule has 0 spiro atoms. The van der Waals surface area contributed by atoms with Gasteiger partial charge in [-0.05, 0) is 30.7 Å². The zero-order valence-electron chi connectivity index (χ0n) is 16.1. The molecule has 3 rings (SSSR count). The second-order valence-electron chi connectivity index (χ2n) is 6.60. The van der Waals surface area contributed by atoms with Gasteiger partial charge in [-0.1, -0.05) is 30.3 Å². The summed E-state index contributed by atoms with van der Waals surface area (Å²) < 4.78 is 24.3. The Kier molecular flexibility index (Phi) is 6.63. The van der Waals surface area contributed by atoms with Gasteiger partial charge in [0.1, 0.15) is 5.56 Å². The molecule has 9 heteroatoms. The topological polar surface area (TPSA) is 125 Å². The van der Waals surface area contributed by atoms with Crippen molar-refractivity contribution in [2.75, 3.05) is 18.8 Å². The number of aromatic amines is 1. The van der Waals surface area contributed by atoms with Crippen molar-refractivity contribution in [3.05, 3.63) is 76.6 Å². The number of aromatic nitrogens is 1. The van der Waals surface area contributed by atoms with E-state index in [-0.39, 0.29) is 35.7 Å². The van der Waals surface area contributed by atoms with Crippen LogP contribution in [0.4, 0.5) is 0 Å². The van der Waals surface area contributed by atoms with Crippen LogP contribution < -0.4 is 16.1 Å². The van der Waals surface area contributed by atoms with Crippen molar-refractivity contribution in [2.45, 2.75) is 11.3 Å². The van der Waals surface area contributed by atoms with Crippen molar-refractivity contribution in [2.24, 2.45) is 0 Å². The standard InChI is InChI=1S/C21H21N3O5S/c25-19(22-11-6-12-30(28,29)15-7-2-1-3-8-15)14-24-21(27)17-13-23-18-10-5-4-9-16(18)20(17)26/h1-5,7-10,13H,6,11-12,14H2,(H,22,25)(H,23,26)(H,24,27). The van der Waals surface area contributed by atoms with Crippen molar-refractivity contribution in [3.8, 4) is 0 Å². The first-order chi connectivity index (χ1) is 14.4. The van der Waals surface area contributed by atoms with Crippen LogP contribution in [0.3, 0.4) is 0 Å². The number of amides is 2. The molecule has 0 fully saturated rings. The predicted octanol–water partition coefficient (Wildman–Crippen LogP) is 1.24. The summed E-state index contributed by atoms with van der Waals surface area (Å²) in [6.07, 6.45) is 1.55. The van der Waals surface area contributed by atoms with Crippen LogP contribution in [0.5, 0.6) is 0 Å². The highest BCUT2D eigenvalue weighted by Gasteiger charge is 2.15. The molecule has 0 aliphatic heterocycles. The summed E-state index contributed by atoms with van der Waals surface area (Å²) in [4.78, 5) is 39.7. The quantitative estimate of drug-likeness (QED) is 0.467. The average Bonchev–Trinajstić information content (AvgIpc) is 2.76. The first-order valence-corrected chi connectivity index (χ1v) is 11.0. The highest BCUT2D eigenvalue weighted by atomic mass is 32.2. The van der Waals surface area contributed by atoms with E-state index >= 15 is 0 Å². The van der Waals surface area contributed by atoms with Crippen molar-refractivity contribution in [1.29, 1.82) is 0 Å². The number of nitrogens with one attached hydrogen (secondary N) is 3. The van der Waals surface area contributed by atoms with E-state index in [0.717, 1.165) is 0 Å². The summed E-state index contributed by atoms with van der Waals surface area (Å²) in [6, 6.07) is 14.9. The van der Waals surface area contributed by atoms with E-state index in [0.29, 0.717) is 10.9 Å². The first kappa shape index (κ1) is 21.3. The Morgan fingerprint density at radius 2 is 1.63 bits per heavy atom. The number of carbonyl (C=O) groups is 2. The van der Waals surface area contributed by atoms with Crippen LogP contribution in [0.15, 0.2) is 70.5 Å². The normalized spacial score (nSPS) is 11.2. The van der Waals surface area contributed by atoms with Gasteiger partial charge in [0.05, 0.1) is 17.2 Å². The maximum absolute atomic E-state index is 12.4. The minimum Gasteiger partial charge on any atom is -0.360 e. The summed E-state index contributed by atoms with van der Waals surface area (Å²) in [6.45, 7) is -0.173. The lowest BCUT2D eigenvalue weighted by molar-refractivity contribution is -0.120. The number of rotatable bonds is 8. The summed E-state index contributed by atoms with van der Waals surface area (Å²) in [5.74, 6) is -1.24. The molecule has 3 aromatic rings. The van der Waals surface area contributed by atoms with E-state index in [1.54, 1.807) is 42.5 Å². The molecule has 0 aliphatic carbocycles. The zero-order chi connectivity index (χ0) is 21.6. The van der Waals surface area contributed by atoms with Gasteiger partial charge < -0.3 is 15.6 Å². The van der Waals surface area contributed by atoms with Crippen LogP contribution in [-0.2, 0) is 14.6 Å². The van der Waals surface area contributed by atoms with Crippen molar-refractivity contribution in [3.63, 3.8) is 0 Å². The molecule has 1 aromatic heterocycles. The van der Waals surface area contributed by atoms with Crippen LogP contribution in [0.2, 0.25) is 0 Å². The minimum atomic E-state index is -3.40. The van der Waals surface area contributed by atoms with Crippen LogP contribution in [-0.4, -0.2) is 44.1 Å². The SMILES string of the molecule is O=C(CNC(=O)c1c[nH]c2ccccc2c1=O)NCCCS(=O)(=O)c1ccccc1. The zero-order valence-corrected chi connectivity index (χ0v) is 16.9. The van der Waals surface area contributed by atoms with Crippen LogP contribution in [0.1, 0.15) is 16.8 Å². The van der Waals surface area contributed by atoms with Crippen molar-refractivity contribution >= 4 is 32.6 Å². The summed E-state index contributed by atoms with van der Waals surface area (Å²) >= 11 is 0. The highest BCUT2D eigenvalue weighted by molar-refractivity contribution is 7.91. The van der Waals surface area contributed by atoms with E-state index in [2.05, 4.69) is 15.6 Å². The van der Waals surface area contributed by atoms with Crippen molar-refractivity contribution in [1.82, 2.24) is 15.6 Å². The molecule has 1 heterocycles. The van der Waals surface area contributed by atoms with Gasteiger partial charge in [0.15, 0.2) is 9.84 Å². The Labute approximate surface area is 173 Å². The lowest BCUT2D eigenvalue weighted by Gasteiger charge is -2.08. The molecule has 0 unspecified atom stereocenters. The number of sulfone groups is 1. The number of carbonyl (C=O) groups excluding carboxylic acids is 2. The van der Waals surface area contributed by atoms with E-state index in [9.17, 15) is 22.8 Å². The molecule has 0 bridgehead atoms. The van der Waals surface area contributed by atoms with Crippen LogP contribution in [0.25, 0.3) is 10.9 Å². The number of pyridine rings is 1. The number of hydrogen-bond donors (Lipinski definition) is 3. The third-order valence-corrected chi connectivity index (χ3v) is 6.27. The van der Waals surface area contributed by atoms with Crippen LogP contribution >= 0.6 is 0 Å². The molecule has 8 nitrogen and oxygen atoms in total. The van der Waals surface area contributed by atoms with Gasteiger partial charge >= 0.3 is 0 Å². The second-order valence-corrected chi connectivity index (χ2v) is 8.70. The molecule has 0 saturated heterocycles. The van der Waals surface area contributed by atoms with Gasteiger partial charge in [0.2, 0.25) is 11.3 Å². The molecular formula is C21H21N3O5S. The summed E-state index contributed by atoms with van der Waals surface area (Å²) in [5.41, 5.74) is 0.103. The van der Waals surface area contributed by atoms with E-state index in [1.165, 1.54) is 18.3 Å². The third-order valence-electron chi connectivity index (χ3n) is 4.46. The highest BCUT2D eigenvalue weighted by Crippen LogP contribution is 2.10. The van der Waals surface area contributed by atoms with Gasteiger partial charge in [-0.15, -0.1) is 0 Å². The van der Waals surface area contributed by atoms with Crippen LogP contribution in [0, 0.1) is 0 Å². The molecule has 0 saturated carbocycles. The van der Waals surface area contributed by atoms with Gasteiger partial charge in [0, 0.05) is 23.6 Å². The Hall–Kier alpha value is -3.46. The Balaban J connectivity index is 1.46. The fraction of sp³-hybridized carbons (Fsp3) is 0.190. The molecule has 0 aliphatic rings. The lowest BCUT2D eigenvalue weighted by atomic mass is 10.1. The van der Waals surface area contributed by atoms with Gasteiger partial charge in [-0.25, -0.2) is 8.42 Å². The summed E-state index contributed by atoms with van der Waals surface area (Å²) in [5, 5.41) is 5.34. The smallest absolute Gasteiger partial charge is 0.257 e.